The third kappa shape index (κ3) is 3.61. The van der Waals surface area contributed by atoms with Crippen molar-refractivity contribution in [2.45, 2.75) is 6.92 Å². The maximum absolute atomic E-state index is 5.19. The van der Waals surface area contributed by atoms with Crippen LogP contribution in [0.2, 0.25) is 0 Å². The first kappa shape index (κ1) is 14.6. The van der Waals surface area contributed by atoms with E-state index in [1.54, 1.807) is 16.2 Å². The number of rotatable bonds is 3. The Balaban J connectivity index is 2.33. The van der Waals surface area contributed by atoms with Crippen LogP contribution in [0.25, 0.3) is 0 Å². The molecule has 2 aromatic heterocycles. The van der Waals surface area contributed by atoms with Gasteiger partial charge in [-0.05, 0) is 42.2 Å². The van der Waals surface area contributed by atoms with Gasteiger partial charge in [-0.25, -0.2) is 0 Å². The van der Waals surface area contributed by atoms with Gasteiger partial charge in [-0.3, -0.25) is 10.4 Å². The Hall–Kier alpha value is -1.79. The predicted octanol–water partition coefficient (Wildman–Crippen LogP) is 2.64. The fraction of sp³-hybridized carbons (Fsp3) is 0.214. The molecule has 2 rings (SSSR count). The zero-order valence-corrected chi connectivity index (χ0v) is 13.3. The molecule has 0 spiro atoms. The molecule has 0 unspecified atom stereocenters. The summed E-state index contributed by atoms with van der Waals surface area (Å²) in [4.78, 5) is 7.29. The molecule has 6 heteroatoms. The normalized spacial score (nSPS) is 11.2. The van der Waals surface area contributed by atoms with Crippen molar-refractivity contribution in [3.63, 3.8) is 0 Å². The Labute approximate surface area is 128 Å². The fourth-order valence-electron chi connectivity index (χ4n) is 1.46. The molecule has 0 aliphatic carbocycles. The number of aromatic nitrogens is 1. The summed E-state index contributed by atoms with van der Waals surface area (Å²) < 4.78 is 0. The summed E-state index contributed by atoms with van der Waals surface area (Å²) in [6.07, 6.45) is 1.84. The molecule has 0 saturated carbocycles. The van der Waals surface area contributed by atoms with Gasteiger partial charge in [0, 0.05) is 20.3 Å². The highest BCUT2D eigenvalue weighted by Crippen LogP contribution is 2.15. The van der Waals surface area contributed by atoms with Crippen LogP contribution in [0, 0.1) is 6.92 Å². The second-order valence-corrected chi connectivity index (χ2v) is 5.80. The van der Waals surface area contributed by atoms with Gasteiger partial charge in [0.15, 0.2) is 5.11 Å². The summed E-state index contributed by atoms with van der Waals surface area (Å²) >= 11 is 6.81. The standard InChI is InChI=1S/C14H16N4S2/c1-10-6-7-11(15-9-10)13(12-5-4-8-20-12)16-17-14(19)18(2)3/h4-9H,1-3H3,(H,17,19)/b16-13+. The molecule has 2 heterocycles. The van der Waals surface area contributed by atoms with Crippen LogP contribution < -0.4 is 5.43 Å². The van der Waals surface area contributed by atoms with E-state index >= 15 is 0 Å². The first-order valence-corrected chi connectivity index (χ1v) is 7.38. The number of nitrogens with one attached hydrogen (secondary N) is 1. The highest BCUT2D eigenvalue weighted by molar-refractivity contribution is 7.80. The Morgan fingerprint density at radius 2 is 2.15 bits per heavy atom. The SMILES string of the molecule is Cc1ccc(/C(=N\NC(=S)N(C)C)c2cccs2)nc1. The molecule has 0 aliphatic heterocycles. The molecule has 0 amide bonds. The van der Waals surface area contributed by atoms with E-state index in [9.17, 15) is 0 Å². The molecule has 0 aromatic carbocycles. The number of thiocarbonyl (C=S) groups is 1. The molecular weight excluding hydrogens is 288 g/mol. The quantitative estimate of drug-likeness (QED) is 0.538. The number of aryl methyl sites for hydroxylation is 1. The Morgan fingerprint density at radius 1 is 1.35 bits per heavy atom. The molecule has 20 heavy (non-hydrogen) atoms. The van der Waals surface area contributed by atoms with Gasteiger partial charge in [0.05, 0.1) is 10.6 Å². The first-order chi connectivity index (χ1) is 9.58. The van der Waals surface area contributed by atoms with Gasteiger partial charge in [-0.15, -0.1) is 11.3 Å². The summed E-state index contributed by atoms with van der Waals surface area (Å²) in [5, 5.41) is 7.00. The monoisotopic (exact) mass is 304 g/mol. The van der Waals surface area contributed by atoms with E-state index in [0.717, 1.165) is 21.8 Å². The number of hydrogen-bond donors (Lipinski definition) is 1. The van der Waals surface area contributed by atoms with Gasteiger partial charge in [0.1, 0.15) is 5.71 Å². The van der Waals surface area contributed by atoms with Gasteiger partial charge >= 0.3 is 0 Å². The van der Waals surface area contributed by atoms with E-state index in [2.05, 4.69) is 15.5 Å². The topological polar surface area (TPSA) is 40.5 Å². The minimum absolute atomic E-state index is 0.561. The van der Waals surface area contributed by atoms with E-state index in [1.165, 1.54) is 0 Å². The maximum atomic E-state index is 5.19. The zero-order valence-electron chi connectivity index (χ0n) is 11.6. The van der Waals surface area contributed by atoms with Crippen molar-refractivity contribution < 1.29 is 0 Å². The van der Waals surface area contributed by atoms with Crippen molar-refractivity contribution in [1.29, 1.82) is 0 Å². The Bertz CT molecular complexity index is 601. The lowest BCUT2D eigenvalue weighted by atomic mass is 10.2. The average molecular weight is 304 g/mol. The van der Waals surface area contributed by atoms with Gasteiger partial charge in [-0.2, -0.15) is 5.10 Å². The van der Waals surface area contributed by atoms with Crippen LogP contribution in [-0.2, 0) is 0 Å². The molecule has 104 valence electrons. The van der Waals surface area contributed by atoms with Crippen LogP contribution in [-0.4, -0.2) is 34.8 Å². The number of hydrogen-bond acceptors (Lipinski definition) is 4. The maximum Gasteiger partial charge on any atom is 0.189 e. The van der Waals surface area contributed by atoms with E-state index < -0.39 is 0 Å². The smallest absolute Gasteiger partial charge is 0.189 e. The van der Waals surface area contributed by atoms with Crippen LogP contribution in [0.1, 0.15) is 16.1 Å². The van der Waals surface area contributed by atoms with Gasteiger partial charge < -0.3 is 4.90 Å². The van der Waals surface area contributed by atoms with Gasteiger partial charge in [0.25, 0.3) is 0 Å². The van der Waals surface area contributed by atoms with Gasteiger partial charge in [0.2, 0.25) is 0 Å². The van der Waals surface area contributed by atoms with Gasteiger partial charge in [-0.1, -0.05) is 12.1 Å². The summed E-state index contributed by atoms with van der Waals surface area (Å²) in [5.41, 5.74) is 5.64. The fourth-order valence-corrected chi connectivity index (χ4v) is 2.23. The molecule has 0 saturated heterocycles. The number of pyridine rings is 1. The minimum Gasteiger partial charge on any atom is -0.354 e. The van der Waals surface area contributed by atoms with Crippen LogP contribution in [0.4, 0.5) is 0 Å². The first-order valence-electron chi connectivity index (χ1n) is 6.10. The molecule has 0 bridgehead atoms. The number of nitrogens with zero attached hydrogens (tertiary/aromatic N) is 3. The summed E-state index contributed by atoms with van der Waals surface area (Å²) in [7, 11) is 3.75. The van der Waals surface area contributed by atoms with E-state index in [1.807, 2.05) is 56.9 Å². The largest absolute Gasteiger partial charge is 0.354 e. The van der Waals surface area contributed by atoms with Crippen LogP contribution in [0.15, 0.2) is 40.9 Å². The third-order valence-electron chi connectivity index (χ3n) is 2.58. The molecule has 4 nitrogen and oxygen atoms in total. The van der Waals surface area contributed by atoms with Crippen molar-refractivity contribution in [3.8, 4) is 0 Å². The third-order valence-corrected chi connectivity index (χ3v) is 3.91. The molecule has 0 atom stereocenters. The van der Waals surface area contributed by atoms with Crippen LogP contribution in [0.3, 0.4) is 0 Å². The van der Waals surface area contributed by atoms with Crippen LogP contribution >= 0.6 is 23.6 Å². The van der Waals surface area contributed by atoms with E-state index in [0.29, 0.717) is 5.11 Å². The van der Waals surface area contributed by atoms with E-state index in [4.69, 9.17) is 12.2 Å². The molecule has 0 aliphatic rings. The summed E-state index contributed by atoms with van der Waals surface area (Å²) in [6.45, 7) is 2.01. The second kappa shape index (κ2) is 6.58. The highest BCUT2D eigenvalue weighted by Gasteiger charge is 2.10. The predicted molar refractivity (Wildman–Crippen MR) is 88.4 cm³/mol. The van der Waals surface area contributed by atoms with Crippen molar-refractivity contribution in [2.75, 3.05) is 14.1 Å². The molecular formula is C14H16N4S2. The van der Waals surface area contributed by atoms with Crippen molar-refractivity contribution in [1.82, 2.24) is 15.3 Å². The Morgan fingerprint density at radius 3 is 2.70 bits per heavy atom. The Kier molecular flexibility index (Phi) is 4.81. The highest BCUT2D eigenvalue weighted by atomic mass is 32.1. The number of hydrazone groups is 1. The minimum atomic E-state index is 0.561. The number of thiophene rings is 1. The molecule has 1 N–H and O–H groups in total. The second-order valence-electron chi connectivity index (χ2n) is 4.47. The average Bonchev–Trinajstić information content (AvgIpc) is 2.94. The summed E-state index contributed by atoms with van der Waals surface area (Å²) in [6, 6.07) is 8.00. The molecule has 2 aromatic rings. The lowest BCUT2D eigenvalue weighted by Crippen LogP contribution is -2.31. The van der Waals surface area contributed by atoms with Crippen molar-refractivity contribution >= 4 is 34.4 Å². The lowest BCUT2D eigenvalue weighted by Gasteiger charge is -2.13. The molecule has 0 radical (unpaired) electrons. The molecule has 0 fully saturated rings. The lowest BCUT2D eigenvalue weighted by molar-refractivity contribution is 0.606. The van der Waals surface area contributed by atoms with Crippen molar-refractivity contribution in [2.24, 2.45) is 5.10 Å². The van der Waals surface area contributed by atoms with E-state index in [-0.39, 0.29) is 0 Å². The summed E-state index contributed by atoms with van der Waals surface area (Å²) in [5.74, 6) is 0. The zero-order chi connectivity index (χ0) is 14.5. The van der Waals surface area contributed by atoms with Crippen LogP contribution in [0.5, 0.6) is 0 Å². The van der Waals surface area contributed by atoms with Crippen molar-refractivity contribution in [3.05, 3.63) is 52.0 Å².